The standard InChI is InChI=1S/C48H47F3O3/c1-8-29(4)47(22-12-11-13-23-54-43(52)9-2)39-26-31(17-20-36(39)38-27-41(48(49,50)51)42(53-10-3)28-40(38)47)35-19-16-30-14-15-32-24-34(46(5,6)7)25-33-18-21-37(35)45(30)44(32)33/h9,14-21,24-28H,2,4,8,10-13,22-23H2,1,3,5-7H3. The molecule has 0 saturated carbocycles. The quantitative estimate of drug-likeness (QED) is 0.0414. The summed E-state index contributed by atoms with van der Waals surface area (Å²) in [6, 6.07) is 26.9. The van der Waals surface area contributed by atoms with Crippen molar-refractivity contribution in [1.82, 2.24) is 0 Å². The summed E-state index contributed by atoms with van der Waals surface area (Å²) < 4.78 is 54.7. The van der Waals surface area contributed by atoms with Gasteiger partial charge in [-0.15, -0.1) is 0 Å². The molecule has 0 heterocycles. The van der Waals surface area contributed by atoms with Crippen LogP contribution in [-0.2, 0) is 26.5 Å². The number of fused-ring (bicyclic) bond motifs is 3. The van der Waals surface area contributed by atoms with E-state index in [-0.39, 0.29) is 24.4 Å². The monoisotopic (exact) mass is 728 g/mol. The van der Waals surface area contributed by atoms with Crippen molar-refractivity contribution >= 4 is 38.3 Å². The van der Waals surface area contributed by atoms with Gasteiger partial charge in [0.2, 0.25) is 0 Å². The fraction of sp³-hybridized carbons (Fsp3) is 0.312. The molecule has 0 aromatic heterocycles. The Hall–Kier alpha value is -5.10. The molecule has 1 aliphatic carbocycles. The summed E-state index contributed by atoms with van der Waals surface area (Å²) in [6.45, 7) is 18.9. The molecule has 1 aliphatic rings. The number of hydrogen-bond acceptors (Lipinski definition) is 3. The van der Waals surface area contributed by atoms with Gasteiger partial charge in [0, 0.05) is 11.5 Å². The Morgan fingerprint density at radius 3 is 2.11 bits per heavy atom. The van der Waals surface area contributed by atoms with Crippen LogP contribution in [-0.4, -0.2) is 19.2 Å². The minimum Gasteiger partial charge on any atom is -0.493 e. The first-order valence-corrected chi connectivity index (χ1v) is 19.0. The van der Waals surface area contributed by atoms with Gasteiger partial charge in [-0.3, -0.25) is 0 Å². The van der Waals surface area contributed by atoms with E-state index in [1.165, 1.54) is 38.6 Å². The van der Waals surface area contributed by atoms with Crippen molar-refractivity contribution < 1.29 is 27.4 Å². The Kier molecular flexibility index (Phi) is 9.62. The Balaban J connectivity index is 1.41. The number of benzene rings is 6. The number of rotatable bonds is 12. The molecule has 0 fully saturated rings. The van der Waals surface area contributed by atoms with E-state index in [0.29, 0.717) is 24.8 Å². The molecule has 54 heavy (non-hydrogen) atoms. The maximum absolute atomic E-state index is 14.6. The van der Waals surface area contributed by atoms with Crippen LogP contribution in [0.15, 0.2) is 104 Å². The molecule has 278 valence electrons. The van der Waals surface area contributed by atoms with E-state index < -0.39 is 23.1 Å². The molecular formula is C48H47F3O3. The fourth-order valence-corrected chi connectivity index (χ4v) is 8.63. The lowest BCUT2D eigenvalue weighted by molar-refractivity contribution is -0.139. The minimum absolute atomic E-state index is 0.00915. The number of unbranched alkanes of at least 4 members (excludes halogenated alkanes) is 2. The molecule has 1 atom stereocenters. The average molecular weight is 729 g/mol. The number of carbonyl (C=O) groups excluding carboxylic acids is 1. The predicted octanol–water partition coefficient (Wildman–Crippen LogP) is 13.5. The van der Waals surface area contributed by atoms with Gasteiger partial charge in [0.15, 0.2) is 0 Å². The summed E-state index contributed by atoms with van der Waals surface area (Å²) >= 11 is 0. The van der Waals surface area contributed by atoms with Gasteiger partial charge in [0.05, 0.1) is 18.8 Å². The number of halogens is 3. The largest absolute Gasteiger partial charge is 0.493 e. The number of allylic oxidation sites excluding steroid dienone is 1. The first kappa shape index (κ1) is 37.2. The van der Waals surface area contributed by atoms with Gasteiger partial charge >= 0.3 is 12.1 Å². The van der Waals surface area contributed by atoms with Crippen LogP contribution in [0.3, 0.4) is 0 Å². The van der Waals surface area contributed by atoms with Crippen molar-refractivity contribution in [2.24, 2.45) is 0 Å². The third-order valence-corrected chi connectivity index (χ3v) is 11.4. The summed E-state index contributed by atoms with van der Waals surface area (Å²) in [4.78, 5) is 11.6. The lowest BCUT2D eigenvalue weighted by Crippen LogP contribution is -2.28. The highest BCUT2D eigenvalue weighted by atomic mass is 19.4. The molecule has 7 rings (SSSR count). The van der Waals surface area contributed by atoms with E-state index >= 15 is 0 Å². The zero-order chi connectivity index (χ0) is 38.6. The minimum atomic E-state index is -4.59. The highest BCUT2D eigenvalue weighted by Gasteiger charge is 2.47. The summed E-state index contributed by atoms with van der Waals surface area (Å²) in [6.07, 6.45) is -0.00792. The topological polar surface area (TPSA) is 35.5 Å². The smallest absolute Gasteiger partial charge is 0.419 e. The molecule has 0 amide bonds. The summed E-state index contributed by atoms with van der Waals surface area (Å²) in [5.74, 6) is -0.620. The molecule has 1 unspecified atom stereocenters. The molecule has 0 saturated heterocycles. The van der Waals surface area contributed by atoms with Crippen LogP contribution in [0.4, 0.5) is 13.2 Å². The van der Waals surface area contributed by atoms with Crippen molar-refractivity contribution in [3.63, 3.8) is 0 Å². The molecule has 0 bridgehead atoms. The van der Waals surface area contributed by atoms with Gasteiger partial charge in [-0.2, -0.15) is 13.2 Å². The molecule has 0 N–H and O–H groups in total. The van der Waals surface area contributed by atoms with Gasteiger partial charge in [-0.25, -0.2) is 4.79 Å². The molecule has 0 aliphatic heterocycles. The SMILES string of the molecule is C=CC(=O)OCCCCCC1(C(=C)CC)c2cc(-c3ccc4ccc5cc(C(C)(C)C)cc6ccc3c4c56)ccc2-c2cc(C(F)(F)F)c(OCC)cc21. The number of esters is 1. The second-order valence-corrected chi connectivity index (χ2v) is 15.6. The Morgan fingerprint density at radius 2 is 1.44 bits per heavy atom. The van der Waals surface area contributed by atoms with Gasteiger partial charge < -0.3 is 9.47 Å². The Labute approximate surface area is 315 Å². The van der Waals surface area contributed by atoms with Crippen LogP contribution in [0.5, 0.6) is 5.75 Å². The molecule has 3 nitrogen and oxygen atoms in total. The second kappa shape index (κ2) is 14.0. The number of alkyl halides is 3. The lowest BCUT2D eigenvalue weighted by atomic mass is 9.68. The molecule has 6 heteroatoms. The van der Waals surface area contributed by atoms with Crippen molar-refractivity contribution in [2.45, 2.75) is 83.7 Å². The highest BCUT2D eigenvalue weighted by molar-refractivity contribution is 6.25. The summed E-state index contributed by atoms with van der Waals surface area (Å²) in [5, 5.41) is 7.17. The molecule has 0 spiro atoms. The number of carbonyl (C=O) groups is 1. The number of hydrogen-bond donors (Lipinski definition) is 0. The third-order valence-electron chi connectivity index (χ3n) is 11.4. The van der Waals surface area contributed by atoms with Crippen LogP contribution in [0, 0.1) is 0 Å². The van der Waals surface area contributed by atoms with Crippen LogP contribution >= 0.6 is 0 Å². The first-order chi connectivity index (χ1) is 25.7. The first-order valence-electron chi connectivity index (χ1n) is 19.0. The Morgan fingerprint density at radius 1 is 0.778 bits per heavy atom. The van der Waals surface area contributed by atoms with Crippen molar-refractivity contribution in [1.29, 1.82) is 0 Å². The van der Waals surface area contributed by atoms with Gasteiger partial charge in [0.1, 0.15) is 5.75 Å². The second-order valence-electron chi connectivity index (χ2n) is 15.6. The lowest BCUT2D eigenvalue weighted by Gasteiger charge is -2.35. The zero-order valence-electron chi connectivity index (χ0n) is 31.8. The van der Waals surface area contributed by atoms with Crippen molar-refractivity contribution in [3.8, 4) is 28.0 Å². The van der Waals surface area contributed by atoms with Crippen LogP contribution < -0.4 is 4.74 Å². The van der Waals surface area contributed by atoms with Crippen molar-refractivity contribution in [3.05, 3.63) is 126 Å². The number of ether oxygens (including phenoxy) is 2. The van der Waals surface area contributed by atoms with Gasteiger partial charge in [0.25, 0.3) is 0 Å². The summed E-state index contributed by atoms with van der Waals surface area (Å²) in [7, 11) is 0. The third kappa shape index (κ3) is 6.23. The van der Waals surface area contributed by atoms with Crippen molar-refractivity contribution in [2.75, 3.05) is 13.2 Å². The van der Waals surface area contributed by atoms with E-state index in [1.54, 1.807) is 13.0 Å². The zero-order valence-corrected chi connectivity index (χ0v) is 31.8. The predicted molar refractivity (Wildman–Crippen MR) is 216 cm³/mol. The molecule has 6 aromatic carbocycles. The van der Waals surface area contributed by atoms with Crippen LogP contribution in [0.2, 0.25) is 0 Å². The molecule has 0 radical (unpaired) electrons. The average Bonchev–Trinajstić information content (AvgIpc) is 3.42. The maximum Gasteiger partial charge on any atom is 0.419 e. The van der Waals surface area contributed by atoms with Crippen LogP contribution in [0.1, 0.15) is 89.0 Å². The van der Waals surface area contributed by atoms with E-state index in [2.05, 4.69) is 102 Å². The fourth-order valence-electron chi connectivity index (χ4n) is 8.63. The summed E-state index contributed by atoms with van der Waals surface area (Å²) in [5.41, 5.74) is 5.87. The molecular weight excluding hydrogens is 682 g/mol. The van der Waals surface area contributed by atoms with E-state index in [1.807, 2.05) is 6.07 Å². The van der Waals surface area contributed by atoms with Gasteiger partial charge in [-0.1, -0.05) is 120 Å². The highest BCUT2D eigenvalue weighted by Crippen LogP contribution is 2.59. The normalized spacial score (nSPS) is 15.5. The Bertz CT molecular complexity index is 2410. The van der Waals surface area contributed by atoms with E-state index in [0.717, 1.165) is 57.7 Å². The van der Waals surface area contributed by atoms with E-state index in [4.69, 9.17) is 9.47 Å². The van der Waals surface area contributed by atoms with Gasteiger partial charge in [-0.05, 0) is 121 Å². The van der Waals surface area contributed by atoms with E-state index in [9.17, 15) is 18.0 Å². The van der Waals surface area contributed by atoms with Crippen LogP contribution in [0.25, 0.3) is 54.6 Å². The maximum atomic E-state index is 14.6. The molecule has 6 aromatic rings.